The van der Waals surface area contributed by atoms with Gasteiger partial charge < -0.3 is 39.1 Å². The third kappa shape index (κ3) is 13.4. The van der Waals surface area contributed by atoms with Crippen molar-refractivity contribution in [2.75, 3.05) is 98.2 Å². The van der Waals surface area contributed by atoms with E-state index in [0.29, 0.717) is 85.7 Å². The Morgan fingerprint density at radius 2 is 1.34 bits per heavy atom. The van der Waals surface area contributed by atoms with E-state index >= 15 is 0 Å². The number of benzene rings is 1. The number of anilines is 1. The summed E-state index contributed by atoms with van der Waals surface area (Å²) in [5.74, 6) is -2.69. The van der Waals surface area contributed by atoms with E-state index in [-0.39, 0.29) is 42.0 Å². The summed E-state index contributed by atoms with van der Waals surface area (Å²) < 4.78 is 32.7. The zero-order chi connectivity index (χ0) is 33.7. The van der Waals surface area contributed by atoms with Gasteiger partial charge in [-0.3, -0.25) is 34.2 Å². The van der Waals surface area contributed by atoms with Crippen LogP contribution in [-0.4, -0.2) is 133 Å². The van der Waals surface area contributed by atoms with Gasteiger partial charge in [-0.25, -0.2) is 0 Å². The van der Waals surface area contributed by atoms with E-state index in [1.165, 1.54) is 6.07 Å². The molecule has 262 valence electrons. The predicted octanol–water partition coefficient (Wildman–Crippen LogP) is 0.906. The molecule has 0 aromatic heterocycles. The highest BCUT2D eigenvalue weighted by Gasteiger charge is 2.45. The Kier molecular flexibility index (Phi) is 18.1. The molecule has 0 saturated carbocycles. The van der Waals surface area contributed by atoms with Gasteiger partial charge in [0.05, 0.1) is 89.5 Å². The lowest BCUT2D eigenvalue weighted by Crippen LogP contribution is -2.54. The lowest BCUT2D eigenvalue weighted by molar-refractivity contribution is -0.136. The molecule has 1 fully saturated rings. The van der Waals surface area contributed by atoms with Gasteiger partial charge in [0.25, 0.3) is 11.8 Å². The molecule has 0 aliphatic carbocycles. The molecule has 47 heavy (non-hydrogen) atoms. The van der Waals surface area contributed by atoms with Crippen molar-refractivity contribution in [2.45, 2.75) is 44.6 Å². The average Bonchev–Trinajstić information content (AvgIpc) is 3.31. The quantitative estimate of drug-likeness (QED) is 0.0943. The summed E-state index contributed by atoms with van der Waals surface area (Å²) in [5.41, 5.74) is 0.398. The maximum absolute atomic E-state index is 13.2. The second-order valence-corrected chi connectivity index (χ2v) is 10.8. The van der Waals surface area contributed by atoms with Crippen LogP contribution in [0.25, 0.3) is 0 Å². The van der Waals surface area contributed by atoms with Gasteiger partial charge in [-0.1, -0.05) is 12.5 Å². The topological polar surface area (TPSA) is 180 Å². The van der Waals surface area contributed by atoms with E-state index in [1.54, 1.807) is 12.1 Å². The van der Waals surface area contributed by atoms with Gasteiger partial charge in [0.2, 0.25) is 17.7 Å². The zero-order valence-corrected chi connectivity index (χ0v) is 27.2. The van der Waals surface area contributed by atoms with Gasteiger partial charge in [0.15, 0.2) is 0 Å². The van der Waals surface area contributed by atoms with Crippen LogP contribution in [0.3, 0.4) is 0 Å². The third-order valence-electron chi connectivity index (χ3n) is 7.29. The molecule has 15 heteroatoms. The minimum atomic E-state index is -1.07. The number of nitrogens with zero attached hydrogens (tertiary/aromatic N) is 1. The lowest BCUT2D eigenvalue weighted by atomic mass is 10.0. The molecule has 0 radical (unpaired) electrons. The van der Waals surface area contributed by atoms with E-state index in [4.69, 9.17) is 28.4 Å². The number of carbonyl (C=O) groups excluding carboxylic acids is 5. The molecule has 15 nitrogen and oxygen atoms in total. The van der Waals surface area contributed by atoms with Crippen LogP contribution in [0.5, 0.6) is 0 Å². The number of ether oxygens (including phenoxy) is 6. The first kappa shape index (κ1) is 38.1. The maximum Gasteiger partial charge on any atom is 0.264 e. The molecule has 2 heterocycles. The number of fused-ring (bicyclic) bond motifs is 1. The Balaban J connectivity index is 1.14. The Hall–Kier alpha value is -3.31. The van der Waals surface area contributed by atoms with Crippen LogP contribution in [0, 0.1) is 0 Å². The maximum atomic E-state index is 13.2. The summed E-state index contributed by atoms with van der Waals surface area (Å²) >= 11 is 0. The van der Waals surface area contributed by atoms with Gasteiger partial charge in [-0.15, -0.1) is 0 Å². The van der Waals surface area contributed by atoms with Crippen molar-refractivity contribution in [2.24, 2.45) is 0 Å². The highest BCUT2D eigenvalue weighted by molar-refractivity contribution is 6.26. The van der Waals surface area contributed by atoms with Crippen LogP contribution >= 0.6 is 0 Å². The number of unbranched alkanes of at least 4 members (excludes halogenated alkanes) is 2. The molecule has 3 N–H and O–H groups in total. The number of nitrogens with one attached hydrogen (secondary N) is 3. The van der Waals surface area contributed by atoms with Gasteiger partial charge in [-0.05, 0) is 38.4 Å². The highest BCUT2D eigenvalue weighted by Crippen LogP contribution is 2.32. The second kappa shape index (κ2) is 22.3. The molecule has 1 atom stereocenters. The number of imide groups is 2. The molecule has 5 amide bonds. The molecule has 0 bridgehead atoms. The molecule has 1 unspecified atom stereocenters. The molecule has 2 aliphatic rings. The zero-order valence-electron chi connectivity index (χ0n) is 27.2. The molecular weight excluding hydrogens is 616 g/mol. The summed E-state index contributed by atoms with van der Waals surface area (Å²) in [6, 6.07) is 3.54. The number of hydrogen-bond donors (Lipinski definition) is 3. The van der Waals surface area contributed by atoms with Crippen molar-refractivity contribution in [1.29, 1.82) is 0 Å². The number of hydrogen-bond acceptors (Lipinski definition) is 12. The highest BCUT2D eigenvalue weighted by atomic mass is 16.6. The number of likely N-dealkylation sites (N-methyl/N-ethyl adjacent to an activating group) is 1. The van der Waals surface area contributed by atoms with Crippen molar-refractivity contribution in [1.82, 2.24) is 15.5 Å². The number of carbonyl (C=O) groups is 5. The monoisotopic (exact) mass is 664 g/mol. The normalized spacial score (nSPS) is 16.1. The fourth-order valence-electron chi connectivity index (χ4n) is 4.87. The Labute approximate surface area is 275 Å². The first-order valence-electron chi connectivity index (χ1n) is 16.2. The Bertz CT molecular complexity index is 1170. The van der Waals surface area contributed by atoms with Crippen molar-refractivity contribution in [3.05, 3.63) is 29.3 Å². The fraction of sp³-hybridized carbons (Fsp3) is 0.656. The smallest absolute Gasteiger partial charge is 0.264 e. The van der Waals surface area contributed by atoms with E-state index in [0.717, 1.165) is 24.3 Å². The summed E-state index contributed by atoms with van der Waals surface area (Å²) in [6.07, 6.45) is 2.50. The Morgan fingerprint density at radius 1 is 0.766 bits per heavy atom. The van der Waals surface area contributed by atoms with Crippen LogP contribution in [0.4, 0.5) is 5.69 Å². The largest absolute Gasteiger partial charge is 0.379 e. The van der Waals surface area contributed by atoms with Gasteiger partial charge in [0, 0.05) is 26.0 Å². The van der Waals surface area contributed by atoms with E-state index in [2.05, 4.69) is 16.0 Å². The summed E-state index contributed by atoms with van der Waals surface area (Å²) in [7, 11) is 1.88. The standard InChI is InChI=1S/C32H48N4O11/c1-33-11-13-43-15-17-45-19-21-47-23-22-46-20-18-44-16-14-42-12-4-2-3-8-27(37)34-25-7-5-6-24-29(25)32(41)36(31(24)40)26-9-10-28(38)35-30(26)39/h5-7,26,33H,2-4,8-23H2,1H3,(H,34,37)(H,35,38,39). The molecule has 2 aliphatic heterocycles. The summed E-state index contributed by atoms with van der Waals surface area (Å²) in [6.45, 7) is 7.04. The van der Waals surface area contributed by atoms with Crippen molar-refractivity contribution in [3.63, 3.8) is 0 Å². The van der Waals surface area contributed by atoms with Crippen molar-refractivity contribution < 1.29 is 52.4 Å². The SMILES string of the molecule is CNCCOCCOCCOCCOCCOCCOCCCCCC(=O)Nc1cccc2c1C(=O)N(C1CCC(=O)NC1=O)C2=O. The van der Waals surface area contributed by atoms with Crippen molar-refractivity contribution in [3.8, 4) is 0 Å². The van der Waals surface area contributed by atoms with Crippen LogP contribution in [0.15, 0.2) is 18.2 Å². The molecule has 3 rings (SSSR count). The van der Waals surface area contributed by atoms with E-state index < -0.39 is 29.7 Å². The minimum Gasteiger partial charge on any atom is -0.379 e. The third-order valence-corrected chi connectivity index (χ3v) is 7.29. The van der Waals surface area contributed by atoms with Crippen LogP contribution in [0.1, 0.15) is 59.2 Å². The summed E-state index contributed by atoms with van der Waals surface area (Å²) in [5, 5.41) is 7.91. The number of piperidine rings is 1. The molecule has 1 aromatic rings. The van der Waals surface area contributed by atoms with Crippen LogP contribution in [-0.2, 0) is 42.8 Å². The fourth-order valence-corrected chi connectivity index (χ4v) is 4.87. The average molecular weight is 665 g/mol. The van der Waals surface area contributed by atoms with Gasteiger partial charge >= 0.3 is 0 Å². The summed E-state index contributed by atoms with van der Waals surface area (Å²) in [4.78, 5) is 63.3. The molecule has 0 spiro atoms. The minimum absolute atomic E-state index is 0.0335. The number of amides is 5. The van der Waals surface area contributed by atoms with Gasteiger partial charge in [0.1, 0.15) is 6.04 Å². The molecule has 1 saturated heterocycles. The van der Waals surface area contributed by atoms with E-state index in [9.17, 15) is 24.0 Å². The predicted molar refractivity (Wildman–Crippen MR) is 169 cm³/mol. The van der Waals surface area contributed by atoms with E-state index in [1.807, 2.05) is 7.05 Å². The Morgan fingerprint density at radius 3 is 1.91 bits per heavy atom. The lowest BCUT2D eigenvalue weighted by Gasteiger charge is -2.27. The second-order valence-electron chi connectivity index (χ2n) is 10.8. The van der Waals surface area contributed by atoms with Crippen LogP contribution in [0.2, 0.25) is 0 Å². The van der Waals surface area contributed by atoms with Crippen LogP contribution < -0.4 is 16.0 Å². The van der Waals surface area contributed by atoms with Crippen molar-refractivity contribution >= 4 is 35.2 Å². The molecule has 1 aromatic carbocycles. The number of rotatable bonds is 26. The first-order chi connectivity index (χ1) is 22.9. The first-order valence-corrected chi connectivity index (χ1v) is 16.2. The van der Waals surface area contributed by atoms with Gasteiger partial charge in [-0.2, -0.15) is 0 Å². The molecular formula is C32H48N4O11.